The van der Waals surface area contributed by atoms with Crippen molar-refractivity contribution in [2.75, 3.05) is 33.0 Å². The minimum Gasteiger partial charge on any atom is -0.381 e. The van der Waals surface area contributed by atoms with Crippen LogP contribution in [0.1, 0.15) is 42.9 Å². The van der Waals surface area contributed by atoms with Crippen molar-refractivity contribution in [3.05, 3.63) is 17.5 Å². The van der Waals surface area contributed by atoms with Gasteiger partial charge >= 0.3 is 0 Å². The Bertz CT molecular complexity index is 506. The maximum absolute atomic E-state index is 6.01. The van der Waals surface area contributed by atoms with Crippen LogP contribution in [-0.4, -0.2) is 53.7 Å². The lowest BCUT2D eigenvalue weighted by Gasteiger charge is -2.39. The third-order valence-electron chi connectivity index (χ3n) is 5.42. The van der Waals surface area contributed by atoms with Crippen LogP contribution in [-0.2, 0) is 23.1 Å². The third-order valence-corrected chi connectivity index (χ3v) is 5.42. The molecule has 122 valence electrons. The summed E-state index contributed by atoms with van der Waals surface area (Å²) < 4.78 is 13.6. The molecule has 0 amide bonds. The first-order chi connectivity index (χ1) is 10.8. The van der Waals surface area contributed by atoms with Gasteiger partial charge in [0.2, 0.25) is 0 Å². The number of ether oxygens (including phenoxy) is 2. The zero-order valence-corrected chi connectivity index (χ0v) is 13.5. The predicted molar refractivity (Wildman–Crippen MR) is 83.7 cm³/mol. The van der Waals surface area contributed by atoms with E-state index >= 15 is 0 Å². The van der Waals surface area contributed by atoms with Crippen molar-refractivity contribution in [2.24, 2.45) is 13.0 Å². The monoisotopic (exact) mass is 305 g/mol. The Morgan fingerprint density at radius 1 is 1.23 bits per heavy atom. The summed E-state index contributed by atoms with van der Waals surface area (Å²) in [7, 11) is 2.06. The summed E-state index contributed by atoms with van der Waals surface area (Å²) in [5.41, 5.74) is 2.78. The van der Waals surface area contributed by atoms with Gasteiger partial charge in [-0.05, 0) is 31.6 Å². The molecule has 1 aromatic heterocycles. The summed E-state index contributed by atoms with van der Waals surface area (Å²) in [6, 6.07) is 0.655. The first kappa shape index (κ1) is 14.7. The zero-order chi connectivity index (χ0) is 14.9. The number of rotatable bonds is 5. The second-order valence-electron chi connectivity index (χ2n) is 7.12. The van der Waals surface area contributed by atoms with Crippen molar-refractivity contribution in [1.82, 2.24) is 14.7 Å². The van der Waals surface area contributed by atoms with Gasteiger partial charge in [-0.2, -0.15) is 5.10 Å². The lowest BCUT2D eigenvalue weighted by Crippen LogP contribution is -2.44. The Balaban J connectivity index is 1.45. The number of hydrogen-bond acceptors (Lipinski definition) is 4. The van der Waals surface area contributed by atoms with Gasteiger partial charge in [0.05, 0.1) is 18.5 Å². The molecule has 5 nitrogen and oxygen atoms in total. The molecule has 0 spiro atoms. The normalized spacial score (nSPS) is 27.0. The molecule has 2 fully saturated rings. The molecule has 22 heavy (non-hydrogen) atoms. The van der Waals surface area contributed by atoms with Crippen LogP contribution in [0.4, 0.5) is 0 Å². The fourth-order valence-corrected chi connectivity index (χ4v) is 3.79. The van der Waals surface area contributed by atoms with E-state index in [2.05, 4.69) is 27.9 Å². The third kappa shape index (κ3) is 3.07. The molecular formula is C17H27N3O2. The van der Waals surface area contributed by atoms with E-state index in [4.69, 9.17) is 9.47 Å². The molecular weight excluding hydrogens is 278 g/mol. The number of aryl methyl sites for hydroxylation is 1. The van der Waals surface area contributed by atoms with Crippen LogP contribution in [0.25, 0.3) is 0 Å². The highest BCUT2D eigenvalue weighted by atomic mass is 16.5. The van der Waals surface area contributed by atoms with E-state index in [1.54, 1.807) is 0 Å². The van der Waals surface area contributed by atoms with Gasteiger partial charge in [0.1, 0.15) is 0 Å². The number of fused-ring (bicyclic) bond motifs is 1. The topological polar surface area (TPSA) is 39.5 Å². The first-order valence-electron chi connectivity index (χ1n) is 8.71. The van der Waals surface area contributed by atoms with E-state index in [1.165, 1.54) is 24.1 Å². The van der Waals surface area contributed by atoms with Crippen LogP contribution in [0.3, 0.4) is 0 Å². The summed E-state index contributed by atoms with van der Waals surface area (Å²) in [4.78, 5) is 2.64. The summed E-state index contributed by atoms with van der Waals surface area (Å²) in [6.07, 6.45) is 7.08. The number of aromatic nitrogens is 2. The average Bonchev–Trinajstić information content (AvgIpc) is 3.31. The minimum atomic E-state index is 0.471. The standard InChI is InChI=1S/C17H27N3O2/c1-19-17-10-20(15-4-6-21-7-5-15)9-14(16(17)8-18-19)12-22-11-13-2-3-13/h8,13-15H,2-7,9-12H2,1H3/t14-/m0/s1. The minimum absolute atomic E-state index is 0.471. The molecule has 1 aromatic rings. The van der Waals surface area contributed by atoms with Crippen molar-refractivity contribution >= 4 is 0 Å². The molecule has 1 saturated heterocycles. The molecule has 2 aliphatic heterocycles. The van der Waals surface area contributed by atoms with Gasteiger partial charge in [-0.15, -0.1) is 0 Å². The second-order valence-corrected chi connectivity index (χ2v) is 7.12. The quantitative estimate of drug-likeness (QED) is 0.833. The Morgan fingerprint density at radius 3 is 2.82 bits per heavy atom. The molecule has 4 rings (SSSR count). The van der Waals surface area contributed by atoms with Crippen molar-refractivity contribution in [3.63, 3.8) is 0 Å². The van der Waals surface area contributed by atoms with Gasteiger partial charge in [-0.3, -0.25) is 9.58 Å². The van der Waals surface area contributed by atoms with Gasteiger partial charge in [0.25, 0.3) is 0 Å². The Hall–Kier alpha value is -0.910. The average molecular weight is 305 g/mol. The van der Waals surface area contributed by atoms with Crippen molar-refractivity contribution in [2.45, 2.75) is 44.2 Å². The summed E-state index contributed by atoms with van der Waals surface area (Å²) in [5, 5.41) is 4.49. The summed E-state index contributed by atoms with van der Waals surface area (Å²) in [5.74, 6) is 1.31. The van der Waals surface area contributed by atoms with E-state index in [9.17, 15) is 0 Å². The SMILES string of the molecule is Cn1ncc2c1CN(C1CCOCC1)C[C@H]2COCC1CC1. The van der Waals surface area contributed by atoms with E-state index in [-0.39, 0.29) is 0 Å². The second kappa shape index (κ2) is 6.30. The predicted octanol–water partition coefficient (Wildman–Crippen LogP) is 1.92. The van der Waals surface area contributed by atoms with Gasteiger partial charge in [-0.1, -0.05) is 0 Å². The van der Waals surface area contributed by atoms with Crippen molar-refractivity contribution in [1.29, 1.82) is 0 Å². The maximum atomic E-state index is 6.01. The van der Waals surface area contributed by atoms with Gasteiger partial charge in [-0.25, -0.2) is 0 Å². The van der Waals surface area contributed by atoms with Crippen molar-refractivity contribution < 1.29 is 9.47 Å². The van der Waals surface area contributed by atoms with Crippen LogP contribution >= 0.6 is 0 Å². The molecule has 1 saturated carbocycles. The highest BCUT2D eigenvalue weighted by Crippen LogP contribution is 2.33. The van der Waals surface area contributed by atoms with E-state index < -0.39 is 0 Å². The number of hydrogen-bond donors (Lipinski definition) is 0. The fourth-order valence-electron chi connectivity index (χ4n) is 3.79. The molecule has 5 heteroatoms. The lowest BCUT2D eigenvalue weighted by molar-refractivity contribution is 0.0161. The lowest BCUT2D eigenvalue weighted by atomic mass is 9.93. The summed E-state index contributed by atoms with van der Waals surface area (Å²) >= 11 is 0. The molecule has 0 radical (unpaired) electrons. The first-order valence-corrected chi connectivity index (χ1v) is 8.71. The van der Waals surface area contributed by atoms with Crippen LogP contribution in [0.5, 0.6) is 0 Å². The van der Waals surface area contributed by atoms with E-state index in [1.807, 2.05) is 0 Å². The molecule has 3 aliphatic rings. The van der Waals surface area contributed by atoms with Gasteiger partial charge in [0.15, 0.2) is 0 Å². The molecule has 0 N–H and O–H groups in total. The highest BCUT2D eigenvalue weighted by Gasteiger charge is 2.33. The highest BCUT2D eigenvalue weighted by molar-refractivity contribution is 5.26. The molecule has 0 aromatic carbocycles. The van der Waals surface area contributed by atoms with Crippen LogP contribution < -0.4 is 0 Å². The molecule has 1 aliphatic carbocycles. The van der Waals surface area contributed by atoms with Gasteiger partial charge in [0, 0.05) is 57.5 Å². The largest absolute Gasteiger partial charge is 0.381 e. The Morgan fingerprint density at radius 2 is 2.05 bits per heavy atom. The van der Waals surface area contributed by atoms with Crippen LogP contribution in [0.2, 0.25) is 0 Å². The molecule has 0 bridgehead atoms. The van der Waals surface area contributed by atoms with Crippen LogP contribution in [0, 0.1) is 5.92 Å². The van der Waals surface area contributed by atoms with E-state index in [0.717, 1.165) is 58.3 Å². The van der Waals surface area contributed by atoms with Crippen molar-refractivity contribution in [3.8, 4) is 0 Å². The molecule has 3 heterocycles. The smallest absolute Gasteiger partial charge is 0.0557 e. The summed E-state index contributed by atoms with van der Waals surface area (Å²) in [6.45, 7) is 5.73. The zero-order valence-electron chi connectivity index (χ0n) is 13.5. The Kier molecular flexibility index (Phi) is 4.20. The fraction of sp³-hybridized carbons (Fsp3) is 0.824. The van der Waals surface area contributed by atoms with E-state index in [0.29, 0.717) is 12.0 Å². The maximum Gasteiger partial charge on any atom is 0.0557 e. The Labute approximate surface area is 132 Å². The molecule has 1 atom stereocenters. The number of nitrogens with zero attached hydrogens (tertiary/aromatic N) is 3. The molecule has 0 unspecified atom stereocenters. The van der Waals surface area contributed by atoms with Gasteiger partial charge < -0.3 is 9.47 Å². The van der Waals surface area contributed by atoms with Crippen LogP contribution in [0.15, 0.2) is 6.20 Å².